The Hall–Kier alpha value is -2.58. The fraction of sp³-hybridized carbons (Fsp3) is 0.353. The Morgan fingerprint density at radius 3 is 2.88 bits per heavy atom. The summed E-state index contributed by atoms with van der Waals surface area (Å²) in [4.78, 5) is 23.5. The lowest BCUT2D eigenvalue weighted by Crippen LogP contribution is -2.34. The molecule has 0 aliphatic carbocycles. The SMILES string of the molecule is Cl.Cn1cc([C@H]2CNC[C@@H]2C(=O)NCc2cccc(NC(N)=O)c2)cn1. The Balaban J connectivity index is 0.00000243. The van der Waals surface area contributed by atoms with Gasteiger partial charge in [0.05, 0.1) is 12.1 Å². The zero-order valence-electron chi connectivity index (χ0n) is 14.4. The van der Waals surface area contributed by atoms with E-state index in [4.69, 9.17) is 5.73 Å². The van der Waals surface area contributed by atoms with Crippen LogP contribution in [0.1, 0.15) is 17.0 Å². The van der Waals surface area contributed by atoms with Crippen molar-refractivity contribution in [3.8, 4) is 0 Å². The third kappa shape index (κ3) is 4.74. The van der Waals surface area contributed by atoms with Crippen molar-refractivity contribution in [1.29, 1.82) is 0 Å². The average molecular weight is 379 g/mol. The molecule has 1 aromatic carbocycles. The third-order valence-electron chi connectivity index (χ3n) is 4.37. The molecule has 9 heteroatoms. The number of nitrogens with one attached hydrogen (secondary N) is 3. The van der Waals surface area contributed by atoms with Gasteiger partial charge in [-0.25, -0.2) is 4.79 Å². The highest BCUT2D eigenvalue weighted by Gasteiger charge is 2.34. The summed E-state index contributed by atoms with van der Waals surface area (Å²) in [6, 6.07) is 6.61. The molecule has 3 amide bonds. The Labute approximate surface area is 157 Å². The van der Waals surface area contributed by atoms with Crippen LogP contribution >= 0.6 is 12.4 Å². The summed E-state index contributed by atoms with van der Waals surface area (Å²) < 4.78 is 1.75. The Kier molecular flexibility index (Phi) is 6.59. The largest absolute Gasteiger partial charge is 0.352 e. The number of urea groups is 1. The maximum Gasteiger partial charge on any atom is 0.316 e. The predicted molar refractivity (Wildman–Crippen MR) is 101 cm³/mol. The number of aryl methyl sites for hydroxylation is 1. The van der Waals surface area contributed by atoms with E-state index in [2.05, 4.69) is 21.0 Å². The van der Waals surface area contributed by atoms with Gasteiger partial charge in [-0.15, -0.1) is 12.4 Å². The summed E-state index contributed by atoms with van der Waals surface area (Å²) in [6.45, 7) is 1.81. The highest BCUT2D eigenvalue weighted by molar-refractivity contribution is 5.87. The number of nitrogens with two attached hydrogens (primary N) is 1. The van der Waals surface area contributed by atoms with Gasteiger partial charge in [-0.3, -0.25) is 9.48 Å². The first-order valence-electron chi connectivity index (χ1n) is 8.15. The zero-order valence-corrected chi connectivity index (χ0v) is 15.3. The van der Waals surface area contributed by atoms with E-state index in [1.54, 1.807) is 16.8 Å². The van der Waals surface area contributed by atoms with Crippen LogP contribution in [-0.4, -0.2) is 34.8 Å². The quantitative estimate of drug-likeness (QED) is 0.620. The molecule has 2 atom stereocenters. The second-order valence-corrected chi connectivity index (χ2v) is 6.23. The topological polar surface area (TPSA) is 114 Å². The maximum absolute atomic E-state index is 12.6. The van der Waals surface area contributed by atoms with Gasteiger partial charge in [0.25, 0.3) is 0 Å². The number of hydrogen-bond acceptors (Lipinski definition) is 4. The smallest absolute Gasteiger partial charge is 0.316 e. The highest BCUT2D eigenvalue weighted by atomic mass is 35.5. The molecule has 26 heavy (non-hydrogen) atoms. The number of carbonyl (C=O) groups is 2. The number of halogens is 1. The molecule has 8 nitrogen and oxygen atoms in total. The van der Waals surface area contributed by atoms with E-state index >= 15 is 0 Å². The van der Waals surface area contributed by atoms with Crippen molar-refractivity contribution in [1.82, 2.24) is 20.4 Å². The average Bonchev–Trinajstić information content (AvgIpc) is 3.21. The molecule has 1 aliphatic rings. The summed E-state index contributed by atoms with van der Waals surface area (Å²) in [5.74, 6) is -0.000179. The fourth-order valence-electron chi connectivity index (χ4n) is 3.16. The third-order valence-corrected chi connectivity index (χ3v) is 4.37. The normalized spacial score (nSPS) is 18.8. The van der Waals surface area contributed by atoms with E-state index in [0.717, 1.165) is 17.7 Å². The molecule has 0 saturated carbocycles. The Bertz CT molecular complexity index is 778. The van der Waals surface area contributed by atoms with Crippen molar-refractivity contribution >= 4 is 30.0 Å². The number of anilines is 1. The maximum atomic E-state index is 12.6. The molecular weight excluding hydrogens is 356 g/mol. The van der Waals surface area contributed by atoms with Crippen molar-refractivity contribution in [2.24, 2.45) is 18.7 Å². The first-order chi connectivity index (χ1) is 12.0. The molecule has 3 rings (SSSR count). The number of hydrogen-bond donors (Lipinski definition) is 4. The molecule has 5 N–H and O–H groups in total. The van der Waals surface area contributed by atoms with Crippen molar-refractivity contribution in [3.05, 3.63) is 47.8 Å². The minimum atomic E-state index is -0.613. The van der Waals surface area contributed by atoms with Gasteiger partial charge in [0.15, 0.2) is 0 Å². The van der Waals surface area contributed by atoms with Crippen LogP contribution in [0, 0.1) is 5.92 Å². The minimum absolute atomic E-state index is 0. The summed E-state index contributed by atoms with van der Waals surface area (Å²) in [5, 5.41) is 13.0. The van der Waals surface area contributed by atoms with E-state index in [0.29, 0.717) is 18.8 Å². The van der Waals surface area contributed by atoms with Gasteiger partial charge in [-0.05, 0) is 23.3 Å². The molecule has 0 spiro atoms. The molecule has 0 radical (unpaired) electrons. The van der Waals surface area contributed by atoms with E-state index < -0.39 is 6.03 Å². The molecule has 2 heterocycles. The minimum Gasteiger partial charge on any atom is -0.352 e. The summed E-state index contributed by atoms with van der Waals surface area (Å²) in [7, 11) is 1.87. The van der Waals surface area contributed by atoms with Crippen LogP contribution < -0.4 is 21.7 Å². The van der Waals surface area contributed by atoms with E-state index in [1.807, 2.05) is 31.6 Å². The van der Waals surface area contributed by atoms with Crippen LogP contribution in [0.15, 0.2) is 36.7 Å². The van der Waals surface area contributed by atoms with E-state index in [1.165, 1.54) is 0 Å². The van der Waals surface area contributed by atoms with Crippen LogP contribution in [0.25, 0.3) is 0 Å². The van der Waals surface area contributed by atoms with Gasteiger partial charge in [0.2, 0.25) is 5.91 Å². The number of benzene rings is 1. The predicted octanol–water partition coefficient (Wildman–Crippen LogP) is 0.952. The van der Waals surface area contributed by atoms with Crippen LogP contribution in [0.2, 0.25) is 0 Å². The van der Waals surface area contributed by atoms with Gasteiger partial charge in [-0.2, -0.15) is 5.10 Å². The lowest BCUT2D eigenvalue weighted by molar-refractivity contribution is -0.125. The Morgan fingerprint density at radius 1 is 1.38 bits per heavy atom. The molecule has 1 fully saturated rings. The van der Waals surface area contributed by atoms with Crippen molar-refractivity contribution < 1.29 is 9.59 Å². The number of carbonyl (C=O) groups excluding carboxylic acids is 2. The number of nitrogens with zero attached hydrogens (tertiary/aromatic N) is 2. The van der Waals surface area contributed by atoms with Crippen molar-refractivity contribution in [2.75, 3.05) is 18.4 Å². The highest BCUT2D eigenvalue weighted by Crippen LogP contribution is 2.28. The van der Waals surface area contributed by atoms with Crippen molar-refractivity contribution in [2.45, 2.75) is 12.5 Å². The van der Waals surface area contributed by atoms with Crippen LogP contribution in [0.4, 0.5) is 10.5 Å². The molecule has 1 aromatic heterocycles. The first-order valence-corrected chi connectivity index (χ1v) is 8.15. The molecule has 1 aliphatic heterocycles. The van der Waals surface area contributed by atoms with Gasteiger partial charge in [0, 0.05) is 44.5 Å². The van der Waals surface area contributed by atoms with Crippen LogP contribution in [-0.2, 0) is 18.4 Å². The number of amides is 3. The molecule has 1 saturated heterocycles. The van der Waals surface area contributed by atoms with E-state index in [-0.39, 0.29) is 30.2 Å². The molecule has 2 aromatic rings. The summed E-state index contributed by atoms with van der Waals surface area (Å²) in [6.07, 6.45) is 3.77. The van der Waals surface area contributed by atoms with Gasteiger partial charge < -0.3 is 21.7 Å². The monoisotopic (exact) mass is 378 g/mol. The second-order valence-electron chi connectivity index (χ2n) is 6.23. The van der Waals surface area contributed by atoms with E-state index in [9.17, 15) is 9.59 Å². The fourth-order valence-corrected chi connectivity index (χ4v) is 3.16. The first kappa shape index (κ1) is 19.7. The second kappa shape index (κ2) is 8.68. The molecule has 0 bridgehead atoms. The standard InChI is InChI=1S/C17H22N6O2.ClH/c1-23-10-12(7-21-23)14-8-19-9-15(14)16(24)20-6-11-3-2-4-13(5-11)22-17(18)25;/h2-5,7,10,14-15,19H,6,8-9H2,1H3,(H,20,24)(H3,18,22,25);1H/t14-,15+;/m1./s1. The zero-order chi connectivity index (χ0) is 17.8. The van der Waals surface area contributed by atoms with Crippen LogP contribution in [0.3, 0.4) is 0 Å². The molecule has 140 valence electrons. The lowest BCUT2D eigenvalue weighted by atomic mass is 9.90. The number of aromatic nitrogens is 2. The van der Waals surface area contributed by atoms with Gasteiger partial charge in [0.1, 0.15) is 0 Å². The van der Waals surface area contributed by atoms with Gasteiger partial charge in [-0.1, -0.05) is 12.1 Å². The number of primary amides is 1. The number of rotatable bonds is 5. The molecular formula is C17H23ClN6O2. The summed E-state index contributed by atoms with van der Waals surface area (Å²) >= 11 is 0. The van der Waals surface area contributed by atoms with Crippen LogP contribution in [0.5, 0.6) is 0 Å². The Morgan fingerprint density at radius 2 is 2.19 bits per heavy atom. The molecule has 0 unspecified atom stereocenters. The summed E-state index contributed by atoms with van der Waals surface area (Å²) in [5.41, 5.74) is 7.69. The lowest BCUT2D eigenvalue weighted by Gasteiger charge is -2.17. The van der Waals surface area contributed by atoms with Gasteiger partial charge >= 0.3 is 6.03 Å². The van der Waals surface area contributed by atoms with Crippen molar-refractivity contribution in [3.63, 3.8) is 0 Å².